The Hall–Kier alpha value is -2.62. The summed E-state index contributed by atoms with van der Waals surface area (Å²) in [5, 5.41) is 9.92. The quantitative estimate of drug-likeness (QED) is 0.470. The van der Waals surface area contributed by atoms with Crippen molar-refractivity contribution in [2.45, 2.75) is 69.9 Å². The van der Waals surface area contributed by atoms with Crippen LogP contribution in [0.15, 0.2) is 47.4 Å². The van der Waals surface area contributed by atoms with Crippen molar-refractivity contribution < 1.29 is 23.1 Å². The number of anilines is 1. The maximum atomic E-state index is 13.7. The zero-order valence-electron chi connectivity index (χ0n) is 23.6. The van der Waals surface area contributed by atoms with Gasteiger partial charge in [-0.05, 0) is 70.0 Å². The Kier molecular flexibility index (Phi) is 9.56. The Morgan fingerprint density at radius 1 is 1.10 bits per heavy atom. The number of rotatable bonds is 9. The van der Waals surface area contributed by atoms with Crippen LogP contribution in [0.25, 0.3) is 0 Å². The Morgan fingerprint density at radius 2 is 1.79 bits per heavy atom. The van der Waals surface area contributed by atoms with Crippen molar-refractivity contribution in [3.63, 3.8) is 0 Å². The number of sulfonamides is 1. The molecule has 39 heavy (non-hydrogen) atoms. The van der Waals surface area contributed by atoms with Gasteiger partial charge >= 0.3 is 0 Å². The molecule has 2 aromatic carbocycles. The minimum Gasteiger partial charge on any atom is -0.488 e. The summed E-state index contributed by atoms with van der Waals surface area (Å²) in [6.45, 7) is 7.80. The van der Waals surface area contributed by atoms with Crippen LogP contribution in [-0.4, -0.2) is 74.7 Å². The van der Waals surface area contributed by atoms with Gasteiger partial charge in [0.05, 0.1) is 23.1 Å². The molecule has 1 saturated carbocycles. The number of hydrogen-bond donors (Lipinski definition) is 2. The van der Waals surface area contributed by atoms with Gasteiger partial charge in [-0.1, -0.05) is 43.9 Å². The van der Waals surface area contributed by atoms with Gasteiger partial charge in [-0.15, -0.1) is 0 Å². The molecule has 9 heteroatoms. The van der Waals surface area contributed by atoms with Crippen LogP contribution >= 0.6 is 0 Å². The van der Waals surface area contributed by atoms with E-state index >= 15 is 0 Å². The summed E-state index contributed by atoms with van der Waals surface area (Å²) in [5.74, 6) is 0.876. The first-order chi connectivity index (χ1) is 18.6. The third-order valence-electron chi connectivity index (χ3n) is 8.03. The summed E-state index contributed by atoms with van der Waals surface area (Å²) in [6, 6.07) is 11.1. The van der Waals surface area contributed by atoms with Crippen LogP contribution in [0.2, 0.25) is 0 Å². The molecule has 2 aliphatic rings. The van der Waals surface area contributed by atoms with E-state index < -0.39 is 10.0 Å². The monoisotopic (exact) mass is 557 g/mol. The van der Waals surface area contributed by atoms with Crippen molar-refractivity contribution in [3.8, 4) is 5.75 Å². The van der Waals surface area contributed by atoms with Crippen molar-refractivity contribution in [1.82, 2.24) is 9.80 Å². The molecule has 214 valence electrons. The molecular weight excluding hydrogens is 514 g/mol. The predicted octanol–water partition coefficient (Wildman–Crippen LogP) is 4.53. The zero-order chi connectivity index (χ0) is 28.2. The average molecular weight is 558 g/mol. The highest BCUT2D eigenvalue weighted by Crippen LogP contribution is 2.32. The number of carbonyl (C=O) groups excluding carboxylic acids is 1. The lowest BCUT2D eigenvalue weighted by molar-refractivity contribution is 0.0330. The van der Waals surface area contributed by atoms with E-state index in [1.54, 1.807) is 47.4 Å². The van der Waals surface area contributed by atoms with Crippen LogP contribution < -0.4 is 9.46 Å². The number of benzene rings is 2. The summed E-state index contributed by atoms with van der Waals surface area (Å²) < 4.78 is 35.1. The second kappa shape index (κ2) is 12.7. The first-order valence-electron chi connectivity index (χ1n) is 14.1. The highest BCUT2D eigenvalue weighted by Gasteiger charge is 2.34. The Balaban J connectivity index is 1.60. The van der Waals surface area contributed by atoms with Gasteiger partial charge in [0, 0.05) is 31.2 Å². The summed E-state index contributed by atoms with van der Waals surface area (Å²) >= 11 is 0. The van der Waals surface area contributed by atoms with Gasteiger partial charge in [-0.3, -0.25) is 9.52 Å². The van der Waals surface area contributed by atoms with E-state index in [0.717, 1.165) is 12.1 Å². The summed E-state index contributed by atoms with van der Waals surface area (Å²) in [7, 11) is -1.71. The van der Waals surface area contributed by atoms with Gasteiger partial charge in [0.15, 0.2) is 0 Å². The van der Waals surface area contributed by atoms with E-state index in [1.165, 1.54) is 32.1 Å². The molecule has 1 aliphatic heterocycles. The molecule has 2 N–H and O–H groups in total. The van der Waals surface area contributed by atoms with E-state index in [1.807, 2.05) is 13.8 Å². The van der Waals surface area contributed by atoms with Crippen molar-refractivity contribution in [2.24, 2.45) is 11.8 Å². The largest absolute Gasteiger partial charge is 0.488 e. The lowest BCUT2D eigenvalue weighted by Gasteiger charge is -2.38. The van der Waals surface area contributed by atoms with Crippen LogP contribution in [0.4, 0.5) is 5.69 Å². The first kappa shape index (κ1) is 29.4. The average Bonchev–Trinajstić information content (AvgIpc) is 2.91. The zero-order valence-corrected chi connectivity index (χ0v) is 24.4. The standard InChI is InChI=1S/C30H43N3O5S/c1-21-10-13-26(14-11-21)39(36,37)31-25-12-15-28-27(16-25)30(35)33(23(3)20-34)17-22(2)29(38-28)19-32(4)18-24-8-6-5-7-9-24/h10-16,22-24,29,31,34H,5-9,17-20H2,1-4H3/t22-,23+,29+/m0/s1. The van der Waals surface area contributed by atoms with Gasteiger partial charge in [0.2, 0.25) is 0 Å². The molecule has 0 radical (unpaired) electrons. The Morgan fingerprint density at radius 3 is 2.46 bits per heavy atom. The topological polar surface area (TPSA) is 99.2 Å². The molecule has 0 unspecified atom stereocenters. The molecule has 1 heterocycles. The fraction of sp³-hybridized carbons (Fsp3) is 0.567. The van der Waals surface area contributed by atoms with Gasteiger partial charge < -0.3 is 19.6 Å². The van der Waals surface area contributed by atoms with E-state index in [-0.39, 0.29) is 46.7 Å². The molecule has 1 aliphatic carbocycles. The molecule has 4 rings (SSSR count). The van der Waals surface area contributed by atoms with Gasteiger partial charge in [0.25, 0.3) is 15.9 Å². The number of fused-ring (bicyclic) bond motifs is 1. The molecule has 3 atom stereocenters. The van der Waals surface area contributed by atoms with Crippen LogP contribution in [0, 0.1) is 18.8 Å². The summed E-state index contributed by atoms with van der Waals surface area (Å²) in [6.07, 6.45) is 6.30. The number of hydrogen-bond acceptors (Lipinski definition) is 6. The summed E-state index contributed by atoms with van der Waals surface area (Å²) in [5.41, 5.74) is 1.53. The van der Waals surface area contributed by atoms with Crippen LogP contribution in [0.5, 0.6) is 5.75 Å². The van der Waals surface area contributed by atoms with Crippen molar-refractivity contribution in [2.75, 3.05) is 38.0 Å². The van der Waals surface area contributed by atoms with Crippen LogP contribution in [0.3, 0.4) is 0 Å². The van der Waals surface area contributed by atoms with E-state index in [0.29, 0.717) is 24.8 Å². The number of nitrogens with one attached hydrogen (secondary N) is 1. The van der Waals surface area contributed by atoms with Crippen molar-refractivity contribution >= 4 is 21.6 Å². The molecule has 1 amide bonds. The normalized spacial score (nSPS) is 21.6. The third-order valence-corrected chi connectivity index (χ3v) is 9.43. The molecule has 0 saturated heterocycles. The van der Waals surface area contributed by atoms with E-state index in [4.69, 9.17) is 4.74 Å². The number of aliphatic hydroxyl groups excluding tert-OH is 1. The fourth-order valence-corrected chi connectivity index (χ4v) is 6.68. The van der Waals surface area contributed by atoms with Gasteiger partial charge in [-0.2, -0.15) is 0 Å². The Labute approximate surface area is 233 Å². The van der Waals surface area contributed by atoms with Crippen molar-refractivity contribution in [3.05, 3.63) is 53.6 Å². The minimum absolute atomic E-state index is 0.0321. The smallest absolute Gasteiger partial charge is 0.261 e. The third kappa shape index (κ3) is 7.32. The van der Waals surface area contributed by atoms with Crippen LogP contribution in [-0.2, 0) is 10.0 Å². The number of carbonyl (C=O) groups is 1. The second-order valence-electron chi connectivity index (χ2n) is 11.5. The first-order valence-corrected chi connectivity index (χ1v) is 15.6. The van der Waals surface area contributed by atoms with E-state index in [2.05, 4.69) is 23.6 Å². The maximum Gasteiger partial charge on any atom is 0.261 e. The molecule has 0 spiro atoms. The molecule has 8 nitrogen and oxygen atoms in total. The molecule has 0 bridgehead atoms. The van der Waals surface area contributed by atoms with Crippen molar-refractivity contribution in [1.29, 1.82) is 0 Å². The SMILES string of the molecule is Cc1ccc(S(=O)(=O)Nc2ccc3c(c2)C(=O)N([C@H](C)CO)C[C@H](C)[C@@H](CN(C)CC2CCCCC2)O3)cc1. The predicted molar refractivity (Wildman–Crippen MR) is 154 cm³/mol. The fourth-order valence-electron chi connectivity index (χ4n) is 5.63. The Bertz CT molecular complexity index is 1230. The van der Waals surface area contributed by atoms with Gasteiger partial charge in [0.1, 0.15) is 11.9 Å². The number of aliphatic hydroxyl groups is 1. The highest BCUT2D eigenvalue weighted by atomic mass is 32.2. The molecule has 1 fully saturated rings. The lowest BCUT2D eigenvalue weighted by Crippen LogP contribution is -2.50. The molecule has 0 aromatic heterocycles. The maximum absolute atomic E-state index is 13.7. The number of amides is 1. The summed E-state index contributed by atoms with van der Waals surface area (Å²) in [4.78, 5) is 17.9. The second-order valence-corrected chi connectivity index (χ2v) is 13.2. The number of nitrogens with zero attached hydrogens (tertiary/aromatic N) is 2. The van der Waals surface area contributed by atoms with E-state index in [9.17, 15) is 18.3 Å². The number of likely N-dealkylation sites (N-methyl/N-ethyl adjacent to an activating group) is 1. The molecule has 2 aromatic rings. The highest BCUT2D eigenvalue weighted by molar-refractivity contribution is 7.92. The number of aryl methyl sites for hydroxylation is 1. The number of ether oxygens (including phenoxy) is 1. The lowest BCUT2D eigenvalue weighted by atomic mass is 9.89. The van der Waals surface area contributed by atoms with Gasteiger partial charge in [-0.25, -0.2) is 8.42 Å². The molecular formula is C30H43N3O5S. The minimum atomic E-state index is -3.84. The van der Waals surface area contributed by atoms with Crippen LogP contribution in [0.1, 0.15) is 61.9 Å².